The van der Waals surface area contributed by atoms with Crippen LogP contribution in [-0.4, -0.2) is 39.4 Å². The molecule has 0 heterocycles. The van der Waals surface area contributed by atoms with E-state index in [0.29, 0.717) is 33.9 Å². The molecule has 0 fully saturated rings. The van der Waals surface area contributed by atoms with Crippen molar-refractivity contribution in [3.8, 4) is 52.8 Å². The zero-order chi connectivity index (χ0) is 66.3. The number of carbonyl (C=O) groups is 3. The Kier molecular flexibility index (Phi) is 19.9. The van der Waals surface area contributed by atoms with Crippen LogP contribution in [-0.2, 0) is 34.8 Å². The molecule has 0 bridgehead atoms. The Hall–Kier alpha value is -10.2. The highest BCUT2D eigenvalue weighted by Crippen LogP contribution is 2.49. The van der Waals surface area contributed by atoms with Gasteiger partial charge in [0.2, 0.25) is 0 Å². The first-order valence-corrected chi connectivity index (χ1v) is 27.6. The topological polar surface area (TPSA) is 151 Å². The van der Waals surface area contributed by atoms with Crippen LogP contribution < -0.4 is 46.1 Å². The molecule has 0 radical (unpaired) electrons. The maximum atomic E-state index is 16.4. The van der Waals surface area contributed by atoms with E-state index in [-0.39, 0.29) is 50.8 Å². The molecule has 90 heavy (non-hydrogen) atoms. The van der Waals surface area contributed by atoms with Gasteiger partial charge in [-0.3, -0.25) is 0 Å². The van der Waals surface area contributed by atoms with Crippen LogP contribution >= 0.6 is 0 Å². The third-order valence-corrected chi connectivity index (χ3v) is 13.8. The fourth-order valence-corrected chi connectivity index (χ4v) is 8.91. The molecule has 0 unspecified atom stereocenters. The normalized spacial score (nSPS) is 11.7. The van der Waals surface area contributed by atoms with Gasteiger partial charge < -0.3 is 46.1 Å². The van der Waals surface area contributed by atoms with Crippen molar-refractivity contribution in [2.24, 2.45) is 0 Å². The Labute approximate surface area is 515 Å². The second-order valence-electron chi connectivity index (χ2n) is 23.4. The molecule has 0 aliphatic rings. The summed E-state index contributed by atoms with van der Waals surface area (Å²) in [5.41, 5.74) is -15.5. The molecular weight excluding hydrogens is 1180 g/mol. The van der Waals surface area contributed by atoms with Gasteiger partial charge in [-0.05, 0) is 142 Å². The third-order valence-electron chi connectivity index (χ3n) is 13.8. The Bertz CT molecular complexity index is 3610. The number of methoxy groups -OCH3 is 3. The Morgan fingerprint density at radius 1 is 0.322 bits per heavy atom. The van der Waals surface area contributed by atoms with E-state index in [1.165, 1.54) is 149 Å². The van der Waals surface area contributed by atoms with Gasteiger partial charge in [-0.1, -0.05) is 116 Å². The molecule has 7 rings (SSSR count). The van der Waals surface area contributed by atoms with Gasteiger partial charge in [-0.25, -0.2) is 14.4 Å². The number of ether oxygens (including phenoxy) is 3. The van der Waals surface area contributed by atoms with E-state index in [2.05, 4.69) is 49.7 Å². The SMILES string of the molecule is COc1ccc(NC(=O)Nc2ccc(C(C)(C)C)cc2C#Cc2c(C(F)(F)F)c(C#Cc3cc(C(C)(C)C)ccc3NC(=O)Nc3ccc(OC)cc3)c(C(F)(F)F)c(C#Cc3cc(C(C)(C)C)ccc3NC(=O)Nc3ccc(OC)cc3)c2C(F)(F)F)cc1. The van der Waals surface area contributed by atoms with E-state index in [4.69, 9.17) is 14.2 Å². The van der Waals surface area contributed by atoms with E-state index >= 15 is 39.5 Å². The first-order chi connectivity index (χ1) is 42.0. The number of hydrogen-bond acceptors (Lipinski definition) is 6. The fourth-order valence-electron chi connectivity index (χ4n) is 8.91. The van der Waals surface area contributed by atoms with Crippen LogP contribution in [0.25, 0.3) is 0 Å². The molecule has 0 aromatic heterocycles. The smallest absolute Gasteiger partial charge is 0.418 e. The van der Waals surface area contributed by atoms with E-state index in [1.807, 2.05) is 17.8 Å². The molecule has 7 aromatic carbocycles. The predicted molar refractivity (Wildman–Crippen MR) is 332 cm³/mol. The molecule has 0 aliphatic heterocycles. The fraction of sp³-hybridized carbons (Fsp3) is 0.261. The Balaban J connectivity index is 1.57. The van der Waals surface area contributed by atoms with Gasteiger partial charge in [0, 0.05) is 33.8 Å². The van der Waals surface area contributed by atoms with Gasteiger partial charge in [0.15, 0.2) is 0 Å². The highest BCUT2D eigenvalue weighted by atomic mass is 19.4. The molecule has 0 aliphatic carbocycles. The van der Waals surface area contributed by atoms with E-state index in [9.17, 15) is 14.4 Å². The van der Waals surface area contributed by atoms with E-state index in [0.717, 1.165) is 0 Å². The van der Waals surface area contributed by atoms with Crippen molar-refractivity contribution in [3.05, 3.63) is 194 Å². The summed E-state index contributed by atoms with van der Waals surface area (Å²) >= 11 is 0. The molecule has 0 atom stereocenters. The van der Waals surface area contributed by atoms with Crippen LogP contribution in [0.15, 0.2) is 127 Å². The zero-order valence-electron chi connectivity index (χ0n) is 51.0. The summed E-state index contributed by atoms with van der Waals surface area (Å²) < 4.78 is 163. The molecule has 12 nitrogen and oxygen atoms in total. The van der Waals surface area contributed by atoms with Crippen molar-refractivity contribution in [1.82, 2.24) is 0 Å². The van der Waals surface area contributed by atoms with Crippen molar-refractivity contribution in [1.29, 1.82) is 0 Å². The lowest BCUT2D eigenvalue weighted by Gasteiger charge is -2.24. The molecule has 468 valence electrons. The lowest BCUT2D eigenvalue weighted by atomic mass is 9.84. The minimum atomic E-state index is -6.10. The molecule has 7 aromatic rings. The molecule has 6 N–H and O–H groups in total. The van der Waals surface area contributed by atoms with Crippen LogP contribution in [0, 0.1) is 35.5 Å². The highest BCUT2D eigenvalue weighted by molar-refractivity contribution is 6.02. The van der Waals surface area contributed by atoms with Crippen LogP contribution in [0.4, 0.5) is 88.0 Å². The average Bonchev–Trinajstić information content (AvgIpc) is 0.734. The summed E-state index contributed by atoms with van der Waals surface area (Å²) in [6.45, 7) is 15.7. The number of carbonyl (C=O) groups excluding carboxylic acids is 3. The van der Waals surface area contributed by atoms with E-state index < -0.39 is 86.2 Å². The molecule has 0 saturated heterocycles. The predicted octanol–water partition coefficient (Wildman–Crippen LogP) is 17.8. The summed E-state index contributed by atoms with van der Waals surface area (Å²) in [5.74, 6) is 14.4. The Morgan fingerprint density at radius 2 is 0.544 bits per heavy atom. The molecule has 0 spiro atoms. The number of urea groups is 3. The van der Waals surface area contributed by atoms with Crippen molar-refractivity contribution in [2.45, 2.75) is 97.1 Å². The number of hydrogen-bond donors (Lipinski definition) is 6. The number of alkyl halides is 9. The van der Waals surface area contributed by atoms with Crippen LogP contribution in [0.5, 0.6) is 17.2 Å². The first kappa shape index (κ1) is 67.3. The van der Waals surface area contributed by atoms with Crippen molar-refractivity contribution < 1.29 is 68.1 Å². The van der Waals surface area contributed by atoms with E-state index in [1.54, 1.807) is 62.3 Å². The maximum absolute atomic E-state index is 16.4. The second-order valence-corrected chi connectivity index (χ2v) is 23.4. The molecule has 0 saturated carbocycles. The van der Waals surface area contributed by atoms with Gasteiger partial charge in [0.05, 0.1) is 71.8 Å². The lowest BCUT2D eigenvalue weighted by Crippen LogP contribution is -2.25. The number of rotatable bonds is 9. The van der Waals surface area contributed by atoms with Crippen molar-refractivity contribution in [2.75, 3.05) is 53.2 Å². The number of amides is 6. The van der Waals surface area contributed by atoms with Gasteiger partial charge in [-0.2, -0.15) is 39.5 Å². The first-order valence-electron chi connectivity index (χ1n) is 27.6. The highest BCUT2D eigenvalue weighted by Gasteiger charge is 2.50. The number of benzene rings is 7. The summed E-state index contributed by atoms with van der Waals surface area (Å²) in [6.07, 6.45) is -18.3. The summed E-state index contributed by atoms with van der Waals surface area (Å²) in [6, 6.07) is 27.9. The minimum Gasteiger partial charge on any atom is -0.497 e. The molecular formula is C69H63F9N6O6. The van der Waals surface area contributed by atoms with Crippen LogP contribution in [0.1, 0.15) is 129 Å². The van der Waals surface area contributed by atoms with Gasteiger partial charge in [-0.15, -0.1) is 0 Å². The molecule has 6 amide bonds. The summed E-state index contributed by atoms with van der Waals surface area (Å²) in [5, 5.41) is 15.3. The number of halogens is 9. The van der Waals surface area contributed by atoms with Crippen LogP contribution in [0.2, 0.25) is 0 Å². The largest absolute Gasteiger partial charge is 0.497 e. The second kappa shape index (κ2) is 26.6. The lowest BCUT2D eigenvalue weighted by molar-refractivity contribution is -0.149. The summed E-state index contributed by atoms with van der Waals surface area (Å²) in [7, 11) is 4.27. The quantitative estimate of drug-likeness (QED) is 0.0626. The summed E-state index contributed by atoms with van der Waals surface area (Å²) in [4.78, 5) is 40.6. The van der Waals surface area contributed by atoms with Gasteiger partial charge in [0.25, 0.3) is 0 Å². The standard InChI is InChI=1S/C69H63F9N6O6/c1-64(2,3)43-16-34-55(82-61(85)79-46-19-25-49(88-10)26-20-46)40(37-43)13-31-52-58(67(70,71)72)53(32-14-41-38-44(65(4,5)6)17-35-56(41)83-62(86)80-47-21-27-50(89-11)28-22-47)60(69(76,77)78)54(59(52)68(73,74)75)33-15-42-39-45(66(7,8)9)18-36-57(42)84-63(87)81-48-23-29-51(90-12)30-24-48/h16-30,34-39H,1-12H3,(H2,79,82,85)(H2,80,83,86)(H2,81,84,87). The van der Waals surface area contributed by atoms with Crippen molar-refractivity contribution >= 4 is 52.2 Å². The maximum Gasteiger partial charge on any atom is 0.418 e. The number of anilines is 6. The average molecular weight is 1240 g/mol. The minimum absolute atomic E-state index is 0.222. The Morgan fingerprint density at radius 3 is 0.733 bits per heavy atom. The monoisotopic (exact) mass is 1240 g/mol. The molecule has 21 heteroatoms. The van der Waals surface area contributed by atoms with Crippen molar-refractivity contribution in [3.63, 3.8) is 0 Å². The number of nitrogens with one attached hydrogen (secondary N) is 6. The van der Waals surface area contributed by atoms with Crippen LogP contribution in [0.3, 0.4) is 0 Å². The third kappa shape index (κ3) is 17.1. The zero-order valence-corrected chi connectivity index (χ0v) is 51.0. The van der Waals surface area contributed by atoms with Gasteiger partial charge >= 0.3 is 36.6 Å². The van der Waals surface area contributed by atoms with Gasteiger partial charge in [0.1, 0.15) is 17.2 Å².